The molecule has 0 radical (unpaired) electrons. The smallest absolute Gasteiger partial charge is 0.179 e. The summed E-state index contributed by atoms with van der Waals surface area (Å²) in [5.41, 5.74) is 5.22. The topological polar surface area (TPSA) is 35.2 Å². The molecule has 0 saturated carbocycles. The molecule has 2 heteroatoms. The molecular formula is C5H11NO. The third-order valence-corrected chi connectivity index (χ3v) is 0.596. The summed E-state index contributed by atoms with van der Waals surface area (Å²) in [6, 6.07) is 0. The number of hydrogen-bond acceptors (Lipinski definition) is 2. The summed E-state index contributed by atoms with van der Waals surface area (Å²) < 4.78 is 4.83. The zero-order valence-electron chi connectivity index (χ0n) is 4.77. The fourth-order valence-corrected chi connectivity index (χ4v) is 0.250. The van der Waals surface area contributed by atoms with Gasteiger partial charge in [-0.15, -0.1) is 0 Å². The predicted octanol–water partition coefficient (Wildman–Crippen LogP) is 0.843. The van der Waals surface area contributed by atoms with Crippen LogP contribution >= 0.6 is 0 Å². The van der Waals surface area contributed by atoms with E-state index in [1.165, 1.54) is 0 Å². The van der Waals surface area contributed by atoms with Gasteiger partial charge in [-0.2, -0.15) is 0 Å². The van der Waals surface area contributed by atoms with Gasteiger partial charge in [-0.25, -0.2) is 0 Å². The minimum Gasteiger partial charge on any atom is -0.480 e. The highest BCUT2D eigenvalue weighted by Gasteiger charge is 1.78. The molecule has 0 amide bonds. The lowest BCUT2D eigenvalue weighted by Crippen LogP contribution is -2.00. The van der Waals surface area contributed by atoms with Crippen molar-refractivity contribution in [1.82, 2.24) is 0 Å². The second kappa shape index (κ2) is 3.53. The zero-order valence-corrected chi connectivity index (χ0v) is 4.77. The van der Waals surface area contributed by atoms with Crippen molar-refractivity contribution in [1.29, 1.82) is 0 Å². The van der Waals surface area contributed by atoms with Crippen molar-refractivity contribution in [2.75, 3.05) is 6.61 Å². The van der Waals surface area contributed by atoms with Crippen LogP contribution in [-0.2, 0) is 4.74 Å². The van der Waals surface area contributed by atoms with Gasteiger partial charge in [-0.05, 0) is 19.9 Å². The minimum absolute atomic E-state index is 0.502. The summed E-state index contributed by atoms with van der Waals surface area (Å²) in [5.74, 6) is 0.502. The number of hydrogen-bond donors (Lipinski definition) is 1. The van der Waals surface area contributed by atoms with Crippen LogP contribution in [0.4, 0.5) is 0 Å². The Morgan fingerprint density at radius 1 is 1.86 bits per heavy atom. The highest BCUT2D eigenvalue weighted by molar-refractivity contribution is 4.81. The molecule has 0 aliphatic carbocycles. The van der Waals surface area contributed by atoms with E-state index < -0.39 is 0 Å². The molecule has 0 unspecified atom stereocenters. The molecule has 0 rings (SSSR count). The molecular weight excluding hydrogens is 90.1 g/mol. The first-order valence-electron chi connectivity index (χ1n) is 2.35. The quantitative estimate of drug-likeness (QED) is 0.523. The Morgan fingerprint density at radius 3 is 2.57 bits per heavy atom. The molecule has 0 fully saturated rings. The molecule has 0 aliphatic rings. The molecule has 0 saturated heterocycles. The van der Waals surface area contributed by atoms with E-state index in [4.69, 9.17) is 10.5 Å². The summed E-state index contributed by atoms with van der Waals surface area (Å²) >= 11 is 0. The summed E-state index contributed by atoms with van der Waals surface area (Å²) in [7, 11) is 0. The van der Waals surface area contributed by atoms with Gasteiger partial charge >= 0.3 is 0 Å². The van der Waals surface area contributed by atoms with Crippen molar-refractivity contribution < 1.29 is 4.74 Å². The molecule has 0 atom stereocenters. The molecule has 0 aliphatic heterocycles. The maximum atomic E-state index is 5.22. The predicted molar refractivity (Wildman–Crippen MR) is 29.6 cm³/mol. The number of rotatable bonds is 2. The van der Waals surface area contributed by atoms with E-state index >= 15 is 0 Å². The number of allylic oxidation sites excluding steroid dienone is 1. The molecule has 0 heterocycles. The second-order valence-corrected chi connectivity index (χ2v) is 1.12. The average molecular weight is 101 g/mol. The first kappa shape index (κ1) is 6.34. The Bertz CT molecular complexity index is 68.5. The van der Waals surface area contributed by atoms with Gasteiger partial charge in [-0.3, -0.25) is 0 Å². The van der Waals surface area contributed by atoms with Crippen molar-refractivity contribution in [3.8, 4) is 0 Å². The van der Waals surface area contributed by atoms with Crippen LogP contribution in [0.25, 0.3) is 0 Å². The second-order valence-electron chi connectivity index (χ2n) is 1.12. The van der Waals surface area contributed by atoms with Crippen molar-refractivity contribution >= 4 is 0 Å². The SMILES string of the molecule is C/C=C(\N)OCC. The minimum atomic E-state index is 0.502. The van der Waals surface area contributed by atoms with Crippen LogP contribution in [0.5, 0.6) is 0 Å². The van der Waals surface area contributed by atoms with Crippen molar-refractivity contribution in [2.45, 2.75) is 13.8 Å². The summed E-state index contributed by atoms with van der Waals surface area (Å²) in [5, 5.41) is 0. The molecule has 42 valence electrons. The molecule has 0 bridgehead atoms. The fraction of sp³-hybridized carbons (Fsp3) is 0.600. The first-order valence-corrected chi connectivity index (χ1v) is 2.35. The Labute approximate surface area is 44.0 Å². The van der Waals surface area contributed by atoms with E-state index in [2.05, 4.69) is 0 Å². The third kappa shape index (κ3) is 3.16. The van der Waals surface area contributed by atoms with Crippen LogP contribution < -0.4 is 5.73 Å². The maximum absolute atomic E-state index is 5.22. The fourth-order valence-electron chi connectivity index (χ4n) is 0.250. The molecule has 0 aromatic heterocycles. The Morgan fingerprint density at radius 2 is 2.43 bits per heavy atom. The Kier molecular flexibility index (Phi) is 3.19. The average Bonchev–Trinajstić information content (AvgIpc) is 1.68. The number of ether oxygens (including phenoxy) is 1. The van der Waals surface area contributed by atoms with Gasteiger partial charge in [-0.1, -0.05) is 0 Å². The van der Waals surface area contributed by atoms with Crippen LogP contribution in [0, 0.1) is 0 Å². The molecule has 2 N–H and O–H groups in total. The molecule has 0 aromatic rings. The van der Waals surface area contributed by atoms with Gasteiger partial charge in [0, 0.05) is 0 Å². The lowest BCUT2D eigenvalue weighted by Gasteiger charge is -1.97. The monoisotopic (exact) mass is 101 g/mol. The van der Waals surface area contributed by atoms with Crippen LogP contribution in [0.1, 0.15) is 13.8 Å². The van der Waals surface area contributed by atoms with Gasteiger partial charge < -0.3 is 10.5 Å². The van der Waals surface area contributed by atoms with E-state index in [-0.39, 0.29) is 0 Å². The van der Waals surface area contributed by atoms with Gasteiger partial charge in [0.15, 0.2) is 5.88 Å². The van der Waals surface area contributed by atoms with Gasteiger partial charge in [0.2, 0.25) is 0 Å². The summed E-state index contributed by atoms with van der Waals surface area (Å²) in [4.78, 5) is 0. The van der Waals surface area contributed by atoms with Crippen LogP contribution in [-0.4, -0.2) is 6.61 Å². The van der Waals surface area contributed by atoms with E-state index in [0.29, 0.717) is 12.5 Å². The van der Waals surface area contributed by atoms with Gasteiger partial charge in [0.25, 0.3) is 0 Å². The van der Waals surface area contributed by atoms with E-state index in [0.717, 1.165) is 0 Å². The van der Waals surface area contributed by atoms with E-state index in [1.807, 2.05) is 13.8 Å². The van der Waals surface area contributed by atoms with Gasteiger partial charge in [0.1, 0.15) is 0 Å². The highest BCUT2D eigenvalue weighted by atomic mass is 16.5. The standard InChI is InChI=1S/C5H11NO/c1-3-5(6)7-4-2/h3H,4,6H2,1-2H3/b5-3+. The highest BCUT2D eigenvalue weighted by Crippen LogP contribution is 1.82. The van der Waals surface area contributed by atoms with Crippen molar-refractivity contribution in [3.05, 3.63) is 12.0 Å². The van der Waals surface area contributed by atoms with Crippen LogP contribution in [0.2, 0.25) is 0 Å². The lowest BCUT2D eigenvalue weighted by molar-refractivity contribution is 0.226. The van der Waals surface area contributed by atoms with Crippen LogP contribution in [0.15, 0.2) is 12.0 Å². The summed E-state index contributed by atoms with van der Waals surface area (Å²) in [6.45, 7) is 4.39. The zero-order chi connectivity index (χ0) is 5.70. The van der Waals surface area contributed by atoms with Crippen molar-refractivity contribution in [2.24, 2.45) is 5.73 Å². The largest absolute Gasteiger partial charge is 0.480 e. The maximum Gasteiger partial charge on any atom is 0.179 e. The van der Waals surface area contributed by atoms with Crippen molar-refractivity contribution in [3.63, 3.8) is 0 Å². The molecule has 0 aromatic carbocycles. The molecule has 2 nitrogen and oxygen atoms in total. The Balaban J connectivity index is 3.17. The van der Waals surface area contributed by atoms with E-state index in [9.17, 15) is 0 Å². The molecule has 7 heavy (non-hydrogen) atoms. The van der Waals surface area contributed by atoms with E-state index in [1.54, 1.807) is 6.08 Å². The Hall–Kier alpha value is -0.660. The normalized spacial score (nSPS) is 11.4. The third-order valence-electron chi connectivity index (χ3n) is 0.596. The van der Waals surface area contributed by atoms with Gasteiger partial charge in [0.05, 0.1) is 6.61 Å². The lowest BCUT2D eigenvalue weighted by atomic mass is 10.7. The summed E-state index contributed by atoms with van der Waals surface area (Å²) in [6.07, 6.45) is 1.73. The number of nitrogens with two attached hydrogens (primary N) is 1. The first-order chi connectivity index (χ1) is 3.31. The molecule has 0 spiro atoms. The van der Waals surface area contributed by atoms with Crippen LogP contribution in [0.3, 0.4) is 0 Å².